The number of likely N-dealkylation sites (tertiary alicyclic amines) is 1. The molecule has 0 spiro atoms. The Balaban J connectivity index is 1.98. The average molecular weight is 312 g/mol. The summed E-state index contributed by atoms with van der Waals surface area (Å²) in [6, 6.07) is 5.64. The van der Waals surface area contributed by atoms with Crippen LogP contribution in [0.5, 0.6) is 0 Å². The Morgan fingerprint density at radius 2 is 2.00 bits per heavy atom. The molecule has 1 saturated heterocycles. The predicted octanol–water partition coefficient (Wildman–Crippen LogP) is 1.67. The molecule has 20 heavy (non-hydrogen) atoms. The van der Waals surface area contributed by atoms with Gasteiger partial charge in [-0.2, -0.15) is 0 Å². The molecular formula is C14H18ClN3OS. The maximum atomic E-state index is 11.1. The molecule has 0 saturated carbocycles. The van der Waals surface area contributed by atoms with Crippen LogP contribution in [0.4, 0.5) is 0 Å². The molecule has 0 unspecified atom stereocenters. The van der Waals surface area contributed by atoms with E-state index in [-0.39, 0.29) is 11.8 Å². The van der Waals surface area contributed by atoms with Crippen molar-refractivity contribution in [1.29, 1.82) is 0 Å². The molecule has 0 bridgehead atoms. The van der Waals surface area contributed by atoms with Crippen LogP contribution in [-0.2, 0) is 11.3 Å². The molecule has 0 atom stereocenters. The van der Waals surface area contributed by atoms with E-state index < -0.39 is 0 Å². The van der Waals surface area contributed by atoms with Gasteiger partial charge < -0.3 is 11.5 Å². The van der Waals surface area contributed by atoms with Crippen LogP contribution in [0.2, 0.25) is 5.02 Å². The van der Waals surface area contributed by atoms with Gasteiger partial charge in [0, 0.05) is 23.0 Å². The van der Waals surface area contributed by atoms with E-state index in [4.69, 9.17) is 35.3 Å². The predicted molar refractivity (Wildman–Crippen MR) is 84.5 cm³/mol. The highest BCUT2D eigenvalue weighted by Crippen LogP contribution is 2.23. The van der Waals surface area contributed by atoms with Crippen LogP contribution in [0.3, 0.4) is 0 Å². The molecule has 0 aliphatic carbocycles. The van der Waals surface area contributed by atoms with E-state index in [9.17, 15) is 4.79 Å². The first-order valence-corrected chi connectivity index (χ1v) is 7.36. The monoisotopic (exact) mass is 311 g/mol. The molecule has 0 radical (unpaired) electrons. The van der Waals surface area contributed by atoms with Gasteiger partial charge in [-0.05, 0) is 37.6 Å². The summed E-state index contributed by atoms with van der Waals surface area (Å²) in [7, 11) is 0. The number of piperidine rings is 1. The van der Waals surface area contributed by atoms with Gasteiger partial charge in [-0.1, -0.05) is 36.0 Å². The number of rotatable bonds is 4. The quantitative estimate of drug-likeness (QED) is 0.830. The van der Waals surface area contributed by atoms with Crippen molar-refractivity contribution in [2.45, 2.75) is 19.4 Å². The lowest BCUT2D eigenvalue weighted by molar-refractivity contribution is -0.123. The summed E-state index contributed by atoms with van der Waals surface area (Å²) in [4.78, 5) is 13.8. The number of carbonyl (C=O) groups excluding carboxylic acids is 1. The molecular weight excluding hydrogens is 294 g/mol. The zero-order chi connectivity index (χ0) is 14.7. The first kappa shape index (κ1) is 15.2. The van der Waals surface area contributed by atoms with Crippen LogP contribution in [-0.4, -0.2) is 28.9 Å². The topological polar surface area (TPSA) is 72.4 Å². The van der Waals surface area contributed by atoms with Crippen molar-refractivity contribution in [2.24, 2.45) is 17.4 Å². The van der Waals surface area contributed by atoms with Crippen molar-refractivity contribution in [1.82, 2.24) is 4.90 Å². The number of hydrogen-bond donors (Lipinski definition) is 2. The number of amides is 1. The fraction of sp³-hybridized carbons (Fsp3) is 0.429. The number of carbonyl (C=O) groups is 1. The largest absolute Gasteiger partial charge is 0.389 e. The van der Waals surface area contributed by atoms with E-state index in [0.717, 1.165) is 43.6 Å². The molecule has 6 heteroatoms. The fourth-order valence-electron chi connectivity index (χ4n) is 2.45. The van der Waals surface area contributed by atoms with Crippen LogP contribution < -0.4 is 11.5 Å². The molecule has 0 aromatic heterocycles. The van der Waals surface area contributed by atoms with E-state index in [1.165, 1.54) is 0 Å². The normalized spacial score (nSPS) is 17.1. The van der Waals surface area contributed by atoms with Crippen LogP contribution in [0.15, 0.2) is 18.2 Å². The Labute approximate surface area is 129 Å². The van der Waals surface area contributed by atoms with Crippen molar-refractivity contribution >= 4 is 34.7 Å². The van der Waals surface area contributed by atoms with Crippen LogP contribution in [0.25, 0.3) is 0 Å². The van der Waals surface area contributed by atoms with Gasteiger partial charge in [0.25, 0.3) is 0 Å². The fourth-order valence-corrected chi connectivity index (χ4v) is 2.81. The maximum absolute atomic E-state index is 11.1. The Morgan fingerprint density at radius 3 is 2.50 bits per heavy atom. The molecule has 1 aliphatic heterocycles. The number of hydrogen-bond acceptors (Lipinski definition) is 3. The Hall–Kier alpha value is -1.17. The summed E-state index contributed by atoms with van der Waals surface area (Å²) < 4.78 is 0. The smallest absolute Gasteiger partial charge is 0.220 e. The summed E-state index contributed by atoms with van der Waals surface area (Å²) >= 11 is 11.2. The third-order valence-corrected chi connectivity index (χ3v) is 4.31. The van der Waals surface area contributed by atoms with Gasteiger partial charge in [-0.15, -0.1) is 0 Å². The number of halogens is 1. The Morgan fingerprint density at radius 1 is 1.35 bits per heavy atom. The van der Waals surface area contributed by atoms with Crippen molar-refractivity contribution in [3.8, 4) is 0 Å². The molecule has 4 N–H and O–H groups in total. The minimum absolute atomic E-state index is 0.0127. The van der Waals surface area contributed by atoms with Crippen molar-refractivity contribution in [3.05, 3.63) is 34.3 Å². The lowest BCUT2D eigenvalue weighted by Gasteiger charge is -2.30. The van der Waals surface area contributed by atoms with Crippen LogP contribution in [0, 0.1) is 5.92 Å². The molecule has 4 nitrogen and oxygen atoms in total. The lowest BCUT2D eigenvalue weighted by Crippen LogP contribution is -2.38. The summed E-state index contributed by atoms with van der Waals surface area (Å²) in [5.74, 6) is -0.179. The second kappa shape index (κ2) is 6.52. The molecule has 1 aromatic carbocycles. The van der Waals surface area contributed by atoms with Crippen LogP contribution >= 0.6 is 23.8 Å². The first-order chi connectivity index (χ1) is 9.47. The zero-order valence-electron chi connectivity index (χ0n) is 11.1. The first-order valence-electron chi connectivity index (χ1n) is 6.57. The van der Waals surface area contributed by atoms with Crippen molar-refractivity contribution < 1.29 is 4.79 Å². The molecule has 1 heterocycles. The highest BCUT2D eigenvalue weighted by atomic mass is 35.5. The number of nitrogens with two attached hydrogens (primary N) is 2. The number of thiocarbonyl (C=S) groups is 1. The molecule has 1 aromatic rings. The van der Waals surface area contributed by atoms with Gasteiger partial charge >= 0.3 is 0 Å². The van der Waals surface area contributed by atoms with Gasteiger partial charge in [-0.25, -0.2) is 0 Å². The SMILES string of the molecule is NC(=O)C1CCN(Cc2ccc(C(N)=S)cc2Cl)CC1. The van der Waals surface area contributed by atoms with Gasteiger partial charge in [0.05, 0.1) is 0 Å². The minimum atomic E-state index is -0.191. The standard InChI is InChI=1S/C14H18ClN3OS/c15-12-7-10(14(17)20)1-2-11(12)8-18-5-3-9(4-6-18)13(16)19/h1-2,7,9H,3-6,8H2,(H2,16,19)(H2,17,20). The second-order valence-electron chi connectivity index (χ2n) is 5.12. The summed E-state index contributed by atoms with van der Waals surface area (Å²) in [5.41, 5.74) is 12.7. The number of primary amides is 1. The van der Waals surface area contributed by atoms with Gasteiger partial charge in [0.2, 0.25) is 5.91 Å². The van der Waals surface area contributed by atoms with E-state index >= 15 is 0 Å². The van der Waals surface area contributed by atoms with Crippen molar-refractivity contribution in [3.63, 3.8) is 0 Å². The van der Waals surface area contributed by atoms with Crippen LogP contribution in [0.1, 0.15) is 24.0 Å². The Kier molecular flexibility index (Phi) is 4.96. The average Bonchev–Trinajstić information content (AvgIpc) is 2.41. The maximum Gasteiger partial charge on any atom is 0.220 e. The van der Waals surface area contributed by atoms with Gasteiger partial charge in [0.1, 0.15) is 4.99 Å². The second-order valence-corrected chi connectivity index (χ2v) is 5.97. The minimum Gasteiger partial charge on any atom is -0.389 e. The molecule has 108 valence electrons. The lowest BCUT2D eigenvalue weighted by atomic mass is 9.96. The van der Waals surface area contributed by atoms with E-state index in [0.29, 0.717) is 10.0 Å². The molecule has 1 aliphatic rings. The summed E-state index contributed by atoms with van der Waals surface area (Å²) in [5, 5.41) is 0.673. The van der Waals surface area contributed by atoms with E-state index in [1.807, 2.05) is 12.1 Å². The molecule has 1 fully saturated rings. The molecule has 2 rings (SSSR count). The third kappa shape index (κ3) is 3.69. The summed E-state index contributed by atoms with van der Waals surface area (Å²) in [6.45, 7) is 2.49. The highest BCUT2D eigenvalue weighted by Gasteiger charge is 2.23. The van der Waals surface area contributed by atoms with Gasteiger partial charge in [0.15, 0.2) is 0 Å². The van der Waals surface area contributed by atoms with E-state index in [2.05, 4.69) is 4.90 Å². The zero-order valence-corrected chi connectivity index (χ0v) is 12.7. The number of nitrogens with zero attached hydrogens (tertiary/aromatic N) is 1. The van der Waals surface area contributed by atoms with Crippen molar-refractivity contribution in [2.75, 3.05) is 13.1 Å². The third-order valence-electron chi connectivity index (χ3n) is 3.72. The molecule has 1 amide bonds. The highest BCUT2D eigenvalue weighted by molar-refractivity contribution is 7.80. The van der Waals surface area contributed by atoms with E-state index in [1.54, 1.807) is 6.07 Å². The Bertz CT molecular complexity index is 527. The van der Waals surface area contributed by atoms with Gasteiger partial charge in [-0.3, -0.25) is 9.69 Å². The summed E-state index contributed by atoms with van der Waals surface area (Å²) in [6.07, 6.45) is 1.63. The number of benzene rings is 1.